The summed E-state index contributed by atoms with van der Waals surface area (Å²) >= 11 is 0. The van der Waals surface area contributed by atoms with E-state index in [-0.39, 0.29) is 0 Å². The van der Waals surface area contributed by atoms with Crippen LogP contribution in [-0.2, 0) is 7.05 Å². The van der Waals surface area contributed by atoms with E-state index in [9.17, 15) is 0 Å². The van der Waals surface area contributed by atoms with Crippen molar-refractivity contribution in [3.05, 3.63) is 48.7 Å². The van der Waals surface area contributed by atoms with Gasteiger partial charge in [-0.25, -0.2) is 0 Å². The van der Waals surface area contributed by atoms with Crippen LogP contribution in [0.2, 0.25) is 0 Å². The van der Waals surface area contributed by atoms with Gasteiger partial charge in [-0.3, -0.25) is 4.68 Å². The second-order valence-corrected chi connectivity index (χ2v) is 4.14. The van der Waals surface area contributed by atoms with E-state index in [0.717, 1.165) is 28.4 Å². The van der Waals surface area contributed by atoms with Crippen LogP contribution >= 0.6 is 0 Å². The summed E-state index contributed by atoms with van der Waals surface area (Å²) in [4.78, 5) is 0. The molecule has 0 bridgehead atoms. The maximum absolute atomic E-state index is 5.69. The number of furan rings is 1. The summed E-state index contributed by atoms with van der Waals surface area (Å²) in [6, 6.07) is 13.5. The first-order valence-electron chi connectivity index (χ1n) is 5.68. The van der Waals surface area contributed by atoms with Gasteiger partial charge in [0.1, 0.15) is 5.69 Å². The molecule has 90 valence electrons. The number of hydrogen-bond donors (Lipinski definition) is 1. The van der Waals surface area contributed by atoms with Gasteiger partial charge in [0.25, 0.3) is 0 Å². The molecule has 0 saturated heterocycles. The van der Waals surface area contributed by atoms with Crippen LogP contribution in [0.25, 0.3) is 22.7 Å². The van der Waals surface area contributed by atoms with Gasteiger partial charge in [-0.1, -0.05) is 12.1 Å². The standard InChI is InChI=1S/C14H13N3O/c1-17-13(10-4-6-11(15)7-5-10)9-12(16-17)14-3-2-8-18-14/h2-9H,15H2,1H3. The first kappa shape index (κ1) is 10.7. The van der Waals surface area contributed by atoms with Crippen LogP contribution in [0.4, 0.5) is 5.69 Å². The molecule has 18 heavy (non-hydrogen) atoms. The molecule has 4 nitrogen and oxygen atoms in total. The van der Waals surface area contributed by atoms with Crippen molar-refractivity contribution < 1.29 is 4.42 Å². The lowest BCUT2D eigenvalue weighted by molar-refractivity contribution is 0.578. The molecule has 0 atom stereocenters. The summed E-state index contributed by atoms with van der Waals surface area (Å²) in [5.41, 5.74) is 9.38. The van der Waals surface area contributed by atoms with Crippen LogP contribution in [0.15, 0.2) is 53.1 Å². The molecule has 0 aliphatic heterocycles. The molecule has 0 unspecified atom stereocenters. The van der Waals surface area contributed by atoms with Crippen LogP contribution in [0.1, 0.15) is 0 Å². The highest BCUT2D eigenvalue weighted by Crippen LogP contribution is 2.26. The zero-order chi connectivity index (χ0) is 12.5. The maximum Gasteiger partial charge on any atom is 0.154 e. The second kappa shape index (κ2) is 4.07. The predicted octanol–water partition coefficient (Wildman–Crippen LogP) is 2.93. The highest BCUT2D eigenvalue weighted by Gasteiger charge is 2.10. The first-order chi connectivity index (χ1) is 8.74. The number of benzene rings is 1. The van der Waals surface area contributed by atoms with Crippen LogP contribution in [0, 0.1) is 0 Å². The summed E-state index contributed by atoms with van der Waals surface area (Å²) < 4.78 is 7.18. The number of nitrogen functional groups attached to an aromatic ring is 1. The Balaban J connectivity index is 2.06. The monoisotopic (exact) mass is 239 g/mol. The largest absolute Gasteiger partial charge is 0.463 e. The van der Waals surface area contributed by atoms with Crippen molar-refractivity contribution in [1.82, 2.24) is 9.78 Å². The van der Waals surface area contributed by atoms with E-state index >= 15 is 0 Å². The van der Waals surface area contributed by atoms with Gasteiger partial charge in [-0.2, -0.15) is 5.10 Å². The van der Waals surface area contributed by atoms with Gasteiger partial charge in [0.2, 0.25) is 0 Å². The normalized spacial score (nSPS) is 10.7. The smallest absolute Gasteiger partial charge is 0.154 e. The summed E-state index contributed by atoms with van der Waals surface area (Å²) in [7, 11) is 1.91. The van der Waals surface area contributed by atoms with Crippen molar-refractivity contribution in [1.29, 1.82) is 0 Å². The van der Waals surface area contributed by atoms with Crippen molar-refractivity contribution in [2.75, 3.05) is 5.73 Å². The molecule has 0 fully saturated rings. The molecule has 2 aromatic heterocycles. The highest BCUT2D eigenvalue weighted by molar-refractivity contribution is 5.67. The van der Waals surface area contributed by atoms with E-state index in [4.69, 9.17) is 10.2 Å². The van der Waals surface area contributed by atoms with Gasteiger partial charge in [-0.05, 0) is 35.9 Å². The zero-order valence-corrected chi connectivity index (χ0v) is 10.00. The molecule has 3 rings (SSSR count). The van der Waals surface area contributed by atoms with Gasteiger partial charge in [0.15, 0.2) is 5.76 Å². The molecular weight excluding hydrogens is 226 g/mol. The Morgan fingerprint density at radius 1 is 1.17 bits per heavy atom. The van der Waals surface area contributed by atoms with Crippen LogP contribution in [0.5, 0.6) is 0 Å². The van der Waals surface area contributed by atoms with Gasteiger partial charge < -0.3 is 10.2 Å². The fourth-order valence-corrected chi connectivity index (χ4v) is 1.94. The molecule has 0 saturated carbocycles. The van der Waals surface area contributed by atoms with Crippen molar-refractivity contribution in [3.63, 3.8) is 0 Å². The van der Waals surface area contributed by atoms with Crippen molar-refractivity contribution in [2.24, 2.45) is 7.05 Å². The maximum atomic E-state index is 5.69. The molecule has 1 aromatic carbocycles. The zero-order valence-electron chi connectivity index (χ0n) is 10.00. The molecule has 2 heterocycles. The lowest BCUT2D eigenvalue weighted by atomic mass is 10.1. The summed E-state index contributed by atoms with van der Waals surface area (Å²) in [5.74, 6) is 0.771. The van der Waals surface area contributed by atoms with E-state index in [1.165, 1.54) is 0 Å². The number of rotatable bonds is 2. The molecule has 0 spiro atoms. The van der Waals surface area contributed by atoms with Gasteiger partial charge in [-0.15, -0.1) is 0 Å². The lowest BCUT2D eigenvalue weighted by Crippen LogP contribution is -1.94. The summed E-state index contributed by atoms with van der Waals surface area (Å²) in [5, 5.41) is 4.44. The average molecular weight is 239 g/mol. The third-order valence-corrected chi connectivity index (χ3v) is 2.86. The second-order valence-electron chi connectivity index (χ2n) is 4.14. The van der Waals surface area contributed by atoms with E-state index in [2.05, 4.69) is 5.10 Å². The SMILES string of the molecule is Cn1nc(-c2ccco2)cc1-c1ccc(N)cc1. The van der Waals surface area contributed by atoms with Crippen LogP contribution in [-0.4, -0.2) is 9.78 Å². The topological polar surface area (TPSA) is 57.0 Å². The van der Waals surface area contributed by atoms with Gasteiger partial charge >= 0.3 is 0 Å². The fourth-order valence-electron chi connectivity index (χ4n) is 1.94. The lowest BCUT2D eigenvalue weighted by Gasteiger charge is -2.01. The third-order valence-electron chi connectivity index (χ3n) is 2.86. The quantitative estimate of drug-likeness (QED) is 0.699. The molecule has 0 aliphatic rings. The van der Waals surface area contributed by atoms with Crippen molar-refractivity contribution in [3.8, 4) is 22.7 Å². The Morgan fingerprint density at radius 3 is 2.61 bits per heavy atom. The van der Waals surface area contributed by atoms with Gasteiger partial charge in [0, 0.05) is 12.7 Å². The average Bonchev–Trinajstić information content (AvgIpc) is 2.99. The Labute approximate surface area is 105 Å². The molecule has 0 radical (unpaired) electrons. The number of hydrogen-bond acceptors (Lipinski definition) is 3. The Kier molecular flexibility index (Phi) is 2.41. The number of aryl methyl sites for hydroxylation is 1. The Morgan fingerprint density at radius 2 is 1.94 bits per heavy atom. The minimum absolute atomic E-state index is 0.757. The Bertz CT molecular complexity index is 651. The van der Waals surface area contributed by atoms with E-state index in [1.807, 2.05) is 54.2 Å². The molecule has 3 aromatic rings. The molecule has 4 heteroatoms. The van der Waals surface area contributed by atoms with E-state index in [0.29, 0.717) is 0 Å². The van der Waals surface area contributed by atoms with Crippen molar-refractivity contribution in [2.45, 2.75) is 0 Å². The van der Waals surface area contributed by atoms with Crippen molar-refractivity contribution >= 4 is 5.69 Å². The van der Waals surface area contributed by atoms with E-state index < -0.39 is 0 Å². The molecular formula is C14H13N3O. The molecule has 2 N–H and O–H groups in total. The number of nitrogens with two attached hydrogens (primary N) is 1. The van der Waals surface area contributed by atoms with Crippen LogP contribution in [0.3, 0.4) is 0 Å². The van der Waals surface area contributed by atoms with E-state index in [1.54, 1.807) is 6.26 Å². The summed E-state index contributed by atoms with van der Waals surface area (Å²) in [6.07, 6.45) is 1.65. The fraction of sp³-hybridized carbons (Fsp3) is 0.0714. The highest BCUT2D eigenvalue weighted by atomic mass is 16.3. The number of nitrogens with zero attached hydrogens (tertiary/aromatic N) is 2. The number of aromatic nitrogens is 2. The summed E-state index contributed by atoms with van der Waals surface area (Å²) in [6.45, 7) is 0. The first-order valence-corrected chi connectivity index (χ1v) is 5.68. The number of anilines is 1. The Hall–Kier alpha value is -2.49. The third kappa shape index (κ3) is 1.78. The van der Waals surface area contributed by atoms with Gasteiger partial charge in [0.05, 0.1) is 12.0 Å². The van der Waals surface area contributed by atoms with Crippen LogP contribution < -0.4 is 5.73 Å². The minimum atomic E-state index is 0.757. The predicted molar refractivity (Wildman–Crippen MR) is 70.8 cm³/mol. The molecule has 0 amide bonds. The minimum Gasteiger partial charge on any atom is -0.463 e. The molecule has 0 aliphatic carbocycles.